The lowest BCUT2D eigenvalue weighted by Gasteiger charge is -2.26. The van der Waals surface area contributed by atoms with E-state index in [2.05, 4.69) is 29.8 Å². The number of benzene rings is 1. The first kappa shape index (κ1) is 18.0. The lowest BCUT2D eigenvalue weighted by Crippen LogP contribution is -2.18. The summed E-state index contributed by atoms with van der Waals surface area (Å²) in [5, 5.41) is 3.23. The van der Waals surface area contributed by atoms with Crippen LogP contribution in [0.2, 0.25) is 0 Å². The van der Waals surface area contributed by atoms with Gasteiger partial charge in [-0.2, -0.15) is 0 Å². The Morgan fingerprint density at radius 2 is 1.81 bits per heavy atom. The summed E-state index contributed by atoms with van der Waals surface area (Å²) >= 11 is 0. The van der Waals surface area contributed by atoms with Crippen molar-refractivity contribution in [3.05, 3.63) is 41.2 Å². The lowest BCUT2D eigenvalue weighted by molar-refractivity contribution is 0.100. The van der Waals surface area contributed by atoms with E-state index in [4.69, 9.17) is 9.47 Å². The molecule has 1 fully saturated rings. The molecule has 5 nitrogen and oxygen atoms in total. The van der Waals surface area contributed by atoms with Crippen molar-refractivity contribution in [2.75, 3.05) is 25.1 Å². The van der Waals surface area contributed by atoms with Crippen LogP contribution in [-0.2, 0) is 0 Å². The maximum atomic E-state index is 12.8. The van der Waals surface area contributed by atoms with E-state index in [0.29, 0.717) is 19.3 Å². The van der Waals surface area contributed by atoms with Crippen molar-refractivity contribution in [3.63, 3.8) is 0 Å². The minimum Gasteiger partial charge on any atom is -0.486 e. The fourth-order valence-electron chi connectivity index (χ4n) is 4.39. The number of hydrogen-bond donors (Lipinski definition) is 1. The average molecular weight is 368 g/mol. The highest BCUT2D eigenvalue weighted by molar-refractivity contribution is 6.00. The summed E-state index contributed by atoms with van der Waals surface area (Å²) in [4.78, 5) is 12.8. The van der Waals surface area contributed by atoms with Crippen LogP contribution in [0.4, 0.5) is 5.69 Å². The first-order valence-corrected chi connectivity index (χ1v) is 9.98. The predicted octanol–water partition coefficient (Wildman–Crippen LogP) is 4.68. The molecule has 2 heterocycles. The Morgan fingerprint density at radius 1 is 1.07 bits per heavy atom. The van der Waals surface area contributed by atoms with Crippen LogP contribution in [-0.4, -0.2) is 30.1 Å². The Morgan fingerprint density at radius 3 is 2.59 bits per heavy atom. The van der Waals surface area contributed by atoms with Gasteiger partial charge in [0.25, 0.3) is 0 Å². The molecule has 5 heteroatoms. The zero-order valence-corrected chi connectivity index (χ0v) is 16.2. The van der Waals surface area contributed by atoms with E-state index in [9.17, 15) is 4.79 Å². The Balaban J connectivity index is 1.45. The third kappa shape index (κ3) is 3.68. The monoisotopic (exact) mass is 368 g/mol. The molecule has 144 valence electrons. The number of nitrogens with one attached hydrogen (secondary N) is 1. The van der Waals surface area contributed by atoms with Crippen molar-refractivity contribution in [1.82, 2.24) is 4.57 Å². The van der Waals surface area contributed by atoms with Crippen LogP contribution in [0.15, 0.2) is 24.3 Å². The highest BCUT2D eigenvalue weighted by atomic mass is 16.6. The number of ketones is 1. The molecule has 2 aliphatic rings. The number of aryl methyl sites for hydroxylation is 1. The molecule has 1 aliphatic carbocycles. The van der Waals surface area contributed by atoms with Crippen molar-refractivity contribution in [2.45, 2.75) is 52.0 Å². The second kappa shape index (κ2) is 7.67. The van der Waals surface area contributed by atoms with Gasteiger partial charge in [0.05, 0.1) is 6.54 Å². The number of hydrogen-bond acceptors (Lipinski definition) is 4. The van der Waals surface area contributed by atoms with Gasteiger partial charge in [-0.05, 0) is 44.9 Å². The van der Waals surface area contributed by atoms with E-state index in [1.807, 2.05) is 18.2 Å². The number of anilines is 1. The highest BCUT2D eigenvalue weighted by Gasteiger charge is 2.22. The molecule has 4 rings (SSSR count). The van der Waals surface area contributed by atoms with E-state index in [-0.39, 0.29) is 12.3 Å². The van der Waals surface area contributed by atoms with Gasteiger partial charge >= 0.3 is 0 Å². The van der Waals surface area contributed by atoms with Crippen molar-refractivity contribution < 1.29 is 14.3 Å². The third-order valence-electron chi connectivity index (χ3n) is 5.72. The molecule has 0 spiro atoms. The average Bonchev–Trinajstić information content (AvgIpc) is 3.01. The summed E-state index contributed by atoms with van der Waals surface area (Å²) in [6, 6.07) is 8.30. The number of fused-ring (bicyclic) bond motifs is 1. The van der Waals surface area contributed by atoms with E-state index in [1.54, 1.807) is 0 Å². The number of nitrogens with zero attached hydrogens (tertiary/aromatic N) is 1. The third-order valence-corrected chi connectivity index (χ3v) is 5.72. The van der Waals surface area contributed by atoms with Crippen LogP contribution in [0.25, 0.3) is 0 Å². The molecule has 0 bridgehead atoms. The molecule has 0 radical (unpaired) electrons. The summed E-state index contributed by atoms with van der Waals surface area (Å²) in [6.45, 7) is 5.61. The molecule has 1 N–H and O–H groups in total. The Hall–Kier alpha value is -2.43. The van der Waals surface area contributed by atoms with Gasteiger partial charge in [-0.25, -0.2) is 0 Å². The van der Waals surface area contributed by atoms with Crippen LogP contribution in [0.5, 0.6) is 11.5 Å². The number of aromatic nitrogens is 1. The van der Waals surface area contributed by atoms with Crippen molar-refractivity contribution in [1.29, 1.82) is 0 Å². The standard InChI is InChI=1S/C22H28N2O3/c1-15-12-19(16(2)24(15)18-6-4-3-5-7-18)20(25)14-23-17-8-9-21-22(13-17)27-11-10-26-21/h8-9,12-13,18,23H,3-7,10-11,14H2,1-2H3. The molecule has 0 unspecified atom stereocenters. The predicted molar refractivity (Wildman–Crippen MR) is 106 cm³/mol. The second-order valence-electron chi connectivity index (χ2n) is 7.58. The van der Waals surface area contributed by atoms with Crippen LogP contribution in [0.3, 0.4) is 0 Å². The van der Waals surface area contributed by atoms with Gasteiger partial charge in [-0.3, -0.25) is 4.79 Å². The van der Waals surface area contributed by atoms with E-state index >= 15 is 0 Å². The van der Waals surface area contributed by atoms with E-state index in [1.165, 1.54) is 37.8 Å². The smallest absolute Gasteiger partial charge is 0.183 e. The molecule has 0 atom stereocenters. The summed E-state index contributed by atoms with van der Waals surface area (Å²) < 4.78 is 13.5. The van der Waals surface area contributed by atoms with Gasteiger partial charge < -0.3 is 19.4 Å². The Kier molecular flexibility index (Phi) is 5.10. The number of carbonyl (C=O) groups excluding carboxylic acids is 1. The molecular formula is C22H28N2O3. The minimum absolute atomic E-state index is 0.125. The second-order valence-corrected chi connectivity index (χ2v) is 7.58. The molecule has 27 heavy (non-hydrogen) atoms. The number of Topliss-reactive ketones (excluding diaryl/α,β-unsaturated/α-hetero) is 1. The topological polar surface area (TPSA) is 52.5 Å². The van der Waals surface area contributed by atoms with Crippen LogP contribution >= 0.6 is 0 Å². The maximum Gasteiger partial charge on any atom is 0.183 e. The van der Waals surface area contributed by atoms with Crippen molar-refractivity contribution in [3.8, 4) is 11.5 Å². The zero-order valence-electron chi connectivity index (χ0n) is 16.2. The molecule has 1 aromatic carbocycles. The molecule has 1 aliphatic heterocycles. The van der Waals surface area contributed by atoms with Crippen LogP contribution in [0.1, 0.15) is 59.9 Å². The first-order valence-electron chi connectivity index (χ1n) is 9.98. The zero-order chi connectivity index (χ0) is 18.8. The van der Waals surface area contributed by atoms with Crippen LogP contribution < -0.4 is 14.8 Å². The quantitative estimate of drug-likeness (QED) is 0.779. The van der Waals surface area contributed by atoms with E-state index in [0.717, 1.165) is 28.4 Å². The number of ether oxygens (including phenoxy) is 2. The number of carbonyl (C=O) groups is 1. The SMILES string of the molecule is Cc1cc(C(=O)CNc2ccc3c(c2)OCCO3)c(C)n1C1CCCCC1. The summed E-state index contributed by atoms with van der Waals surface area (Å²) in [5.74, 6) is 1.61. The van der Waals surface area contributed by atoms with Crippen LogP contribution in [0, 0.1) is 13.8 Å². The van der Waals surface area contributed by atoms with Crippen molar-refractivity contribution in [2.24, 2.45) is 0 Å². The van der Waals surface area contributed by atoms with Gasteiger partial charge in [0.15, 0.2) is 17.3 Å². The fraction of sp³-hybridized carbons (Fsp3) is 0.500. The Labute approximate surface area is 160 Å². The first-order chi connectivity index (χ1) is 13.1. The molecule has 0 saturated heterocycles. The number of rotatable bonds is 5. The molecule has 1 aromatic heterocycles. The molecular weight excluding hydrogens is 340 g/mol. The van der Waals surface area contributed by atoms with Gasteiger partial charge in [-0.15, -0.1) is 0 Å². The largest absolute Gasteiger partial charge is 0.486 e. The lowest BCUT2D eigenvalue weighted by atomic mass is 9.95. The molecule has 1 saturated carbocycles. The van der Waals surface area contributed by atoms with Gasteiger partial charge in [0, 0.05) is 34.7 Å². The summed E-state index contributed by atoms with van der Waals surface area (Å²) in [7, 11) is 0. The van der Waals surface area contributed by atoms with Gasteiger partial charge in [0.1, 0.15) is 13.2 Å². The highest BCUT2D eigenvalue weighted by Crippen LogP contribution is 2.33. The minimum atomic E-state index is 0.125. The summed E-state index contributed by atoms with van der Waals surface area (Å²) in [5.41, 5.74) is 4.01. The van der Waals surface area contributed by atoms with Gasteiger partial charge in [0.2, 0.25) is 0 Å². The summed E-state index contributed by atoms with van der Waals surface area (Å²) in [6.07, 6.45) is 6.35. The fourth-order valence-corrected chi connectivity index (χ4v) is 4.39. The van der Waals surface area contributed by atoms with Crippen molar-refractivity contribution >= 4 is 11.5 Å². The molecule has 0 amide bonds. The van der Waals surface area contributed by atoms with Gasteiger partial charge in [-0.1, -0.05) is 19.3 Å². The van der Waals surface area contributed by atoms with E-state index < -0.39 is 0 Å². The normalized spacial score (nSPS) is 17.0. The molecule has 2 aromatic rings. The maximum absolute atomic E-state index is 12.8. The Bertz CT molecular complexity index is 834.